The van der Waals surface area contributed by atoms with Crippen molar-refractivity contribution in [2.45, 2.75) is 52.7 Å². The lowest BCUT2D eigenvalue weighted by Gasteiger charge is -2.23. The number of esters is 1. The summed E-state index contributed by atoms with van der Waals surface area (Å²) in [5.74, 6) is -0.187. The van der Waals surface area contributed by atoms with Gasteiger partial charge in [0.2, 0.25) is 0 Å². The first-order chi connectivity index (χ1) is 13.1. The minimum Gasteiger partial charge on any atom is -0.464 e. The molecule has 0 radical (unpaired) electrons. The average Bonchev–Trinajstić information content (AvgIpc) is 3.04. The predicted octanol–water partition coefficient (Wildman–Crippen LogP) is 5.21. The van der Waals surface area contributed by atoms with Gasteiger partial charge in [-0.25, -0.2) is 14.6 Å². The van der Waals surface area contributed by atoms with Crippen LogP contribution in [0.1, 0.15) is 62.6 Å². The van der Waals surface area contributed by atoms with Crippen molar-refractivity contribution in [3.05, 3.63) is 41.0 Å². The second-order valence-electron chi connectivity index (χ2n) is 7.92. The van der Waals surface area contributed by atoms with Crippen molar-refractivity contribution in [3.8, 4) is 10.4 Å². The van der Waals surface area contributed by atoms with Crippen molar-refractivity contribution in [1.29, 1.82) is 0 Å². The van der Waals surface area contributed by atoms with Gasteiger partial charge in [-0.2, -0.15) is 0 Å². The second-order valence-corrected chi connectivity index (χ2v) is 8.95. The van der Waals surface area contributed by atoms with Crippen LogP contribution in [0.2, 0.25) is 0 Å². The van der Waals surface area contributed by atoms with Gasteiger partial charge in [0.25, 0.3) is 0 Å². The van der Waals surface area contributed by atoms with E-state index in [4.69, 9.17) is 9.47 Å². The molecule has 1 unspecified atom stereocenters. The standard InChI is InChI=1S/C21H28N2O4S/c1-13(2)12-15(22-20(25)27-21(3,4)5)18-23-16(19(24)26-6)17(28-18)14-10-8-7-9-11-14/h7-11,13,15H,12H2,1-6H3,(H,22,25). The topological polar surface area (TPSA) is 77.5 Å². The molecule has 152 valence electrons. The number of carbonyl (C=O) groups excluding carboxylic acids is 2. The molecule has 0 aliphatic carbocycles. The molecule has 0 saturated heterocycles. The van der Waals surface area contributed by atoms with Gasteiger partial charge in [0.15, 0.2) is 5.69 Å². The molecule has 1 amide bonds. The van der Waals surface area contributed by atoms with E-state index in [1.807, 2.05) is 51.1 Å². The Labute approximate surface area is 170 Å². The van der Waals surface area contributed by atoms with Crippen LogP contribution < -0.4 is 5.32 Å². The van der Waals surface area contributed by atoms with Gasteiger partial charge >= 0.3 is 12.1 Å². The van der Waals surface area contributed by atoms with Gasteiger partial charge in [0.1, 0.15) is 10.6 Å². The lowest BCUT2D eigenvalue weighted by atomic mass is 10.0. The molecule has 7 heteroatoms. The molecular weight excluding hydrogens is 376 g/mol. The predicted molar refractivity (Wildman–Crippen MR) is 110 cm³/mol. The van der Waals surface area contributed by atoms with Crippen LogP contribution in [0.3, 0.4) is 0 Å². The highest BCUT2D eigenvalue weighted by Gasteiger charge is 2.27. The number of amides is 1. The summed E-state index contributed by atoms with van der Waals surface area (Å²) in [7, 11) is 1.33. The van der Waals surface area contributed by atoms with Gasteiger partial charge in [0, 0.05) is 0 Å². The molecule has 0 aliphatic heterocycles. The number of hydrogen-bond acceptors (Lipinski definition) is 6. The largest absolute Gasteiger partial charge is 0.464 e. The van der Waals surface area contributed by atoms with Crippen LogP contribution >= 0.6 is 11.3 Å². The molecular formula is C21H28N2O4S. The molecule has 1 N–H and O–H groups in total. The fourth-order valence-electron chi connectivity index (χ4n) is 2.65. The first-order valence-corrected chi connectivity index (χ1v) is 10.1. The van der Waals surface area contributed by atoms with Crippen molar-refractivity contribution in [2.75, 3.05) is 7.11 Å². The van der Waals surface area contributed by atoms with Gasteiger partial charge in [0.05, 0.1) is 18.0 Å². The first kappa shape index (κ1) is 21.9. The van der Waals surface area contributed by atoms with Crippen molar-refractivity contribution in [1.82, 2.24) is 10.3 Å². The van der Waals surface area contributed by atoms with E-state index in [0.29, 0.717) is 17.3 Å². The number of nitrogens with one attached hydrogen (secondary N) is 1. The van der Waals surface area contributed by atoms with E-state index in [0.717, 1.165) is 10.4 Å². The monoisotopic (exact) mass is 404 g/mol. The summed E-state index contributed by atoms with van der Waals surface area (Å²) in [6.07, 6.45) is 0.163. The molecule has 2 rings (SSSR count). The van der Waals surface area contributed by atoms with E-state index in [-0.39, 0.29) is 11.7 Å². The van der Waals surface area contributed by atoms with E-state index >= 15 is 0 Å². The highest BCUT2D eigenvalue weighted by molar-refractivity contribution is 7.15. The molecule has 1 aromatic carbocycles. The summed E-state index contributed by atoms with van der Waals surface area (Å²) >= 11 is 1.38. The third kappa shape index (κ3) is 6.05. The number of benzene rings is 1. The van der Waals surface area contributed by atoms with E-state index < -0.39 is 17.7 Å². The zero-order valence-electron chi connectivity index (χ0n) is 17.2. The Morgan fingerprint density at radius 1 is 1.18 bits per heavy atom. The van der Waals surface area contributed by atoms with Crippen LogP contribution in [0.5, 0.6) is 0 Å². The summed E-state index contributed by atoms with van der Waals surface area (Å²) in [5.41, 5.74) is 0.544. The number of hydrogen-bond donors (Lipinski definition) is 1. The van der Waals surface area contributed by atoms with Crippen molar-refractivity contribution >= 4 is 23.4 Å². The number of nitrogens with zero attached hydrogens (tertiary/aromatic N) is 1. The molecule has 0 saturated carbocycles. The first-order valence-electron chi connectivity index (χ1n) is 9.24. The molecule has 0 fully saturated rings. The molecule has 2 aromatic rings. The summed E-state index contributed by atoms with van der Waals surface area (Å²) in [6.45, 7) is 9.58. The molecule has 0 bridgehead atoms. The number of ether oxygens (including phenoxy) is 2. The average molecular weight is 405 g/mol. The number of rotatable bonds is 6. The Morgan fingerprint density at radius 2 is 1.82 bits per heavy atom. The molecule has 0 aliphatic rings. The Hall–Kier alpha value is -2.41. The Morgan fingerprint density at radius 3 is 2.36 bits per heavy atom. The summed E-state index contributed by atoms with van der Waals surface area (Å²) in [4.78, 5) is 29.9. The van der Waals surface area contributed by atoms with Crippen molar-refractivity contribution in [2.24, 2.45) is 5.92 Å². The number of methoxy groups -OCH3 is 1. The van der Waals surface area contributed by atoms with Crippen LogP contribution in [0, 0.1) is 5.92 Å². The quantitative estimate of drug-likeness (QED) is 0.669. The van der Waals surface area contributed by atoms with E-state index in [1.165, 1.54) is 18.4 Å². The van der Waals surface area contributed by atoms with Crippen molar-refractivity contribution < 1.29 is 19.1 Å². The maximum Gasteiger partial charge on any atom is 0.408 e. The minimum absolute atomic E-state index is 0.258. The van der Waals surface area contributed by atoms with Gasteiger partial charge in [-0.1, -0.05) is 44.2 Å². The minimum atomic E-state index is -0.596. The third-order valence-corrected chi connectivity index (χ3v) is 4.97. The molecule has 6 nitrogen and oxygen atoms in total. The maximum absolute atomic E-state index is 12.3. The normalized spacial score (nSPS) is 12.5. The highest BCUT2D eigenvalue weighted by atomic mass is 32.1. The Bertz CT molecular complexity index is 810. The molecule has 1 aromatic heterocycles. The summed E-state index contributed by atoms with van der Waals surface area (Å²) < 4.78 is 10.3. The lowest BCUT2D eigenvalue weighted by Crippen LogP contribution is -2.35. The van der Waals surface area contributed by atoms with Gasteiger partial charge < -0.3 is 14.8 Å². The number of aromatic nitrogens is 1. The van der Waals surface area contributed by atoms with Gasteiger partial charge in [-0.3, -0.25) is 0 Å². The van der Waals surface area contributed by atoms with E-state index in [1.54, 1.807) is 0 Å². The van der Waals surface area contributed by atoms with Crippen LogP contribution in [-0.2, 0) is 9.47 Å². The van der Waals surface area contributed by atoms with Crippen LogP contribution in [0.25, 0.3) is 10.4 Å². The smallest absolute Gasteiger partial charge is 0.408 e. The van der Waals surface area contributed by atoms with Crippen LogP contribution in [0.4, 0.5) is 4.79 Å². The summed E-state index contributed by atoms with van der Waals surface area (Å²) in [5, 5.41) is 3.56. The Kier molecular flexibility index (Phi) is 7.18. The number of alkyl carbamates (subject to hydrolysis) is 1. The molecule has 0 spiro atoms. The third-order valence-electron chi connectivity index (χ3n) is 3.75. The number of carbonyl (C=O) groups is 2. The molecule has 1 atom stereocenters. The van der Waals surface area contributed by atoms with Gasteiger partial charge in [-0.05, 0) is 38.7 Å². The Balaban J connectivity index is 2.41. The maximum atomic E-state index is 12.3. The fourth-order valence-corrected chi connectivity index (χ4v) is 3.77. The zero-order chi connectivity index (χ0) is 20.9. The van der Waals surface area contributed by atoms with Crippen molar-refractivity contribution in [3.63, 3.8) is 0 Å². The van der Waals surface area contributed by atoms with Crippen LogP contribution in [0.15, 0.2) is 30.3 Å². The van der Waals surface area contributed by atoms with Crippen LogP contribution in [-0.4, -0.2) is 29.8 Å². The van der Waals surface area contributed by atoms with Gasteiger partial charge in [-0.15, -0.1) is 11.3 Å². The number of thiazole rings is 1. The zero-order valence-corrected chi connectivity index (χ0v) is 18.1. The molecule has 28 heavy (non-hydrogen) atoms. The van der Waals surface area contributed by atoms with E-state index in [9.17, 15) is 9.59 Å². The SMILES string of the molecule is COC(=O)c1nc(C(CC(C)C)NC(=O)OC(C)(C)C)sc1-c1ccccc1. The highest BCUT2D eigenvalue weighted by Crippen LogP contribution is 2.35. The summed E-state index contributed by atoms with van der Waals surface area (Å²) in [6, 6.07) is 9.20. The second kappa shape index (κ2) is 9.19. The lowest BCUT2D eigenvalue weighted by molar-refractivity contribution is 0.0497. The molecule has 1 heterocycles. The fraction of sp³-hybridized carbons (Fsp3) is 0.476. The van der Waals surface area contributed by atoms with E-state index in [2.05, 4.69) is 24.1 Å².